The highest BCUT2D eigenvalue weighted by atomic mass is 16.5. The molecular formula is C20H25N3O2. The van der Waals surface area contributed by atoms with Crippen molar-refractivity contribution in [1.29, 1.82) is 0 Å². The van der Waals surface area contributed by atoms with Crippen LogP contribution in [-0.4, -0.2) is 23.2 Å². The number of aromatic nitrogens is 2. The largest absolute Gasteiger partial charge is 0.493 e. The minimum absolute atomic E-state index is 0.148. The van der Waals surface area contributed by atoms with E-state index in [0.717, 1.165) is 48.4 Å². The van der Waals surface area contributed by atoms with Crippen LogP contribution in [-0.2, 0) is 19.4 Å². The monoisotopic (exact) mass is 339 g/mol. The number of nitrogens with zero attached hydrogens (tertiary/aromatic N) is 2. The first kappa shape index (κ1) is 16.2. The predicted molar refractivity (Wildman–Crippen MR) is 98.1 cm³/mol. The lowest BCUT2D eigenvalue weighted by molar-refractivity contribution is 0.400. The number of aryl methyl sites for hydroxylation is 2. The summed E-state index contributed by atoms with van der Waals surface area (Å²) in [6, 6.07) is 8.19. The smallest absolute Gasteiger partial charge is 0.176 e. The van der Waals surface area contributed by atoms with Crippen molar-refractivity contribution >= 4 is 11.0 Å². The Morgan fingerprint density at radius 1 is 1.36 bits per heavy atom. The fraction of sp³-hybridized carbons (Fsp3) is 0.450. The van der Waals surface area contributed by atoms with Crippen LogP contribution in [0.4, 0.5) is 0 Å². The van der Waals surface area contributed by atoms with Gasteiger partial charge in [0.15, 0.2) is 11.3 Å². The Morgan fingerprint density at radius 2 is 2.28 bits per heavy atom. The summed E-state index contributed by atoms with van der Waals surface area (Å²) in [7, 11) is 1.67. The van der Waals surface area contributed by atoms with Crippen molar-refractivity contribution in [2.75, 3.05) is 13.7 Å². The fourth-order valence-corrected chi connectivity index (χ4v) is 3.54. The van der Waals surface area contributed by atoms with Gasteiger partial charge in [-0.05, 0) is 31.9 Å². The Bertz CT molecular complexity index is 842. The van der Waals surface area contributed by atoms with E-state index in [9.17, 15) is 0 Å². The third-order valence-electron chi connectivity index (χ3n) is 4.96. The summed E-state index contributed by atoms with van der Waals surface area (Å²) in [4.78, 5) is 4.76. The van der Waals surface area contributed by atoms with Crippen molar-refractivity contribution in [3.8, 4) is 5.75 Å². The van der Waals surface area contributed by atoms with Gasteiger partial charge in [-0.25, -0.2) is 4.98 Å². The van der Waals surface area contributed by atoms with Crippen LogP contribution in [0.3, 0.4) is 0 Å². The zero-order chi connectivity index (χ0) is 17.2. The Kier molecular flexibility index (Phi) is 4.49. The van der Waals surface area contributed by atoms with Gasteiger partial charge in [0.05, 0.1) is 18.8 Å². The van der Waals surface area contributed by atoms with Gasteiger partial charge in [-0.2, -0.15) is 0 Å². The Labute approximate surface area is 148 Å². The van der Waals surface area contributed by atoms with E-state index < -0.39 is 0 Å². The van der Waals surface area contributed by atoms with Crippen LogP contribution in [0.25, 0.3) is 11.0 Å². The van der Waals surface area contributed by atoms with Crippen molar-refractivity contribution in [2.45, 2.75) is 45.2 Å². The van der Waals surface area contributed by atoms with Gasteiger partial charge < -0.3 is 19.0 Å². The maximum atomic E-state index is 6.01. The molecule has 0 bridgehead atoms. The van der Waals surface area contributed by atoms with Crippen LogP contribution < -0.4 is 10.1 Å². The summed E-state index contributed by atoms with van der Waals surface area (Å²) >= 11 is 0. The number of methoxy groups -OCH3 is 1. The van der Waals surface area contributed by atoms with E-state index in [1.807, 2.05) is 18.2 Å². The van der Waals surface area contributed by atoms with Gasteiger partial charge in [-0.15, -0.1) is 0 Å². The van der Waals surface area contributed by atoms with Crippen LogP contribution in [0, 0.1) is 0 Å². The van der Waals surface area contributed by atoms with Gasteiger partial charge in [0.2, 0.25) is 0 Å². The van der Waals surface area contributed by atoms with Crippen molar-refractivity contribution in [2.24, 2.45) is 0 Å². The van der Waals surface area contributed by atoms with E-state index >= 15 is 0 Å². The molecule has 0 unspecified atom stereocenters. The molecule has 132 valence electrons. The highest BCUT2D eigenvalue weighted by Crippen LogP contribution is 2.30. The number of nitrogens with one attached hydrogen (secondary N) is 1. The van der Waals surface area contributed by atoms with Gasteiger partial charge in [-0.3, -0.25) is 0 Å². The van der Waals surface area contributed by atoms with Crippen molar-refractivity contribution < 1.29 is 9.15 Å². The molecule has 4 rings (SSSR count). The molecule has 1 aromatic carbocycles. The lowest BCUT2D eigenvalue weighted by Gasteiger charge is -2.11. The van der Waals surface area contributed by atoms with Crippen molar-refractivity contribution in [3.63, 3.8) is 0 Å². The Morgan fingerprint density at radius 3 is 3.12 bits per heavy atom. The van der Waals surface area contributed by atoms with E-state index in [1.165, 1.54) is 24.4 Å². The number of para-hydroxylation sites is 1. The molecule has 2 aromatic heterocycles. The maximum absolute atomic E-state index is 6.01. The molecule has 0 fully saturated rings. The number of hydrogen-bond acceptors (Lipinski definition) is 4. The average molecular weight is 339 g/mol. The first-order valence-corrected chi connectivity index (χ1v) is 9.09. The standard InChI is InChI=1S/C20H25N3O2/c1-14(18-12-15-6-5-7-17(24-2)20(15)25-18)21-10-9-16-13-23-11-4-3-8-19(23)22-16/h5-7,12-14,21H,3-4,8-11H2,1-2H3/t14-/m0/s1. The number of furan rings is 1. The fourth-order valence-electron chi connectivity index (χ4n) is 3.54. The topological polar surface area (TPSA) is 52.2 Å². The molecule has 0 saturated heterocycles. The van der Waals surface area contributed by atoms with E-state index in [2.05, 4.69) is 29.1 Å². The molecule has 0 spiro atoms. The zero-order valence-corrected chi connectivity index (χ0v) is 14.9. The molecule has 25 heavy (non-hydrogen) atoms. The van der Waals surface area contributed by atoms with Crippen molar-refractivity contribution in [3.05, 3.63) is 47.7 Å². The summed E-state index contributed by atoms with van der Waals surface area (Å²) in [6.07, 6.45) is 6.81. The van der Waals surface area contributed by atoms with Crippen LogP contribution in [0.15, 0.2) is 34.9 Å². The third kappa shape index (κ3) is 3.29. The van der Waals surface area contributed by atoms with Crippen LogP contribution in [0.5, 0.6) is 5.75 Å². The van der Waals surface area contributed by atoms with E-state index in [-0.39, 0.29) is 6.04 Å². The summed E-state index contributed by atoms with van der Waals surface area (Å²) in [6.45, 7) is 4.13. The highest BCUT2D eigenvalue weighted by Gasteiger charge is 2.15. The summed E-state index contributed by atoms with van der Waals surface area (Å²) in [5.41, 5.74) is 2.00. The molecule has 0 saturated carbocycles. The van der Waals surface area contributed by atoms with Crippen LogP contribution in [0.2, 0.25) is 0 Å². The summed E-state index contributed by atoms with van der Waals surface area (Å²) in [5, 5.41) is 4.62. The Hall–Kier alpha value is -2.27. The Balaban J connectivity index is 1.39. The highest BCUT2D eigenvalue weighted by molar-refractivity contribution is 5.83. The second kappa shape index (κ2) is 6.92. The molecule has 5 heteroatoms. The minimum atomic E-state index is 0.148. The second-order valence-corrected chi connectivity index (χ2v) is 6.75. The lowest BCUT2D eigenvalue weighted by atomic mass is 10.2. The third-order valence-corrected chi connectivity index (χ3v) is 4.96. The predicted octanol–water partition coefficient (Wildman–Crippen LogP) is 3.87. The molecule has 0 radical (unpaired) electrons. The van der Waals surface area contributed by atoms with Gasteiger partial charge in [0.25, 0.3) is 0 Å². The van der Waals surface area contributed by atoms with E-state index in [4.69, 9.17) is 14.1 Å². The molecule has 3 aromatic rings. The van der Waals surface area contributed by atoms with Gasteiger partial charge in [0.1, 0.15) is 11.6 Å². The molecular weight excluding hydrogens is 314 g/mol. The molecule has 1 N–H and O–H groups in total. The van der Waals surface area contributed by atoms with Gasteiger partial charge in [-0.1, -0.05) is 12.1 Å². The number of imidazole rings is 1. The minimum Gasteiger partial charge on any atom is -0.493 e. The number of fused-ring (bicyclic) bond motifs is 2. The molecule has 1 aliphatic rings. The lowest BCUT2D eigenvalue weighted by Crippen LogP contribution is -2.21. The van der Waals surface area contributed by atoms with E-state index in [0.29, 0.717) is 0 Å². The summed E-state index contributed by atoms with van der Waals surface area (Å²) in [5.74, 6) is 2.96. The number of rotatable bonds is 6. The zero-order valence-electron chi connectivity index (χ0n) is 14.9. The maximum Gasteiger partial charge on any atom is 0.176 e. The van der Waals surface area contributed by atoms with Gasteiger partial charge in [0, 0.05) is 37.5 Å². The molecule has 5 nitrogen and oxygen atoms in total. The molecule has 1 atom stereocenters. The quantitative estimate of drug-likeness (QED) is 0.741. The summed E-state index contributed by atoms with van der Waals surface area (Å²) < 4.78 is 13.7. The van der Waals surface area contributed by atoms with Gasteiger partial charge >= 0.3 is 0 Å². The molecule has 0 aliphatic carbocycles. The van der Waals surface area contributed by atoms with E-state index in [1.54, 1.807) is 7.11 Å². The second-order valence-electron chi connectivity index (χ2n) is 6.75. The SMILES string of the molecule is COc1cccc2cc([C@H](C)NCCc3cn4c(n3)CCCC4)oc12. The first-order valence-electron chi connectivity index (χ1n) is 9.09. The van der Waals surface area contributed by atoms with Crippen LogP contribution >= 0.6 is 0 Å². The van der Waals surface area contributed by atoms with Crippen molar-refractivity contribution in [1.82, 2.24) is 14.9 Å². The molecule has 3 heterocycles. The number of ether oxygens (including phenoxy) is 1. The normalized spacial score (nSPS) is 15.3. The number of benzene rings is 1. The average Bonchev–Trinajstić information content (AvgIpc) is 3.24. The number of hydrogen-bond donors (Lipinski definition) is 1. The van der Waals surface area contributed by atoms with Crippen LogP contribution in [0.1, 0.15) is 43.1 Å². The molecule has 1 aliphatic heterocycles. The first-order chi connectivity index (χ1) is 12.2. The molecule has 0 amide bonds.